The molecule has 0 aromatic heterocycles. The molecule has 6 nitrogen and oxygen atoms in total. The zero-order valence-electron chi connectivity index (χ0n) is 26.2. The summed E-state index contributed by atoms with van der Waals surface area (Å²) in [5, 5.41) is 21.1. The van der Waals surface area contributed by atoms with E-state index in [1.54, 1.807) is 0 Å². The molecule has 1 radical (unpaired) electrons. The number of aliphatic hydroxyl groups is 1. The van der Waals surface area contributed by atoms with Crippen LogP contribution >= 0.6 is 0 Å². The van der Waals surface area contributed by atoms with Gasteiger partial charge in [-0.25, -0.2) is 0 Å². The molecule has 1 heterocycles. The predicted octanol–water partition coefficient (Wildman–Crippen LogP) is 6.41. The van der Waals surface area contributed by atoms with E-state index in [0.29, 0.717) is 48.7 Å². The third-order valence-corrected chi connectivity index (χ3v) is 15.0. The van der Waals surface area contributed by atoms with Crippen molar-refractivity contribution in [2.24, 2.45) is 51.8 Å². The zero-order valence-corrected chi connectivity index (χ0v) is 26.2. The Balaban J connectivity index is 1.11. The molecular weight excluding hydrogens is 540 g/mol. The van der Waals surface area contributed by atoms with Gasteiger partial charge < -0.3 is 14.9 Å². The summed E-state index contributed by atoms with van der Waals surface area (Å²) in [6.45, 7) is 6.92. The Hall–Kier alpha value is -1.79. The number of ether oxygens (including phenoxy) is 1. The van der Waals surface area contributed by atoms with E-state index in [1.165, 1.54) is 30.4 Å². The van der Waals surface area contributed by atoms with Crippen molar-refractivity contribution in [1.82, 2.24) is 0 Å². The largest absolute Gasteiger partial charge is 0.481 e. The molecule has 0 amide bonds. The van der Waals surface area contributed by atoms with Crippen molar-refractivity contribution >= 4 is 17.5 Å². The standard InChI is InChI=1S/C37H49O6/c1-21-4-6-27-26-7-5-24(38)15-22(26)17-35(28(27)14-21)19-30(35)29-16-25(39)9-11-33(29,2)37-18-23-8-12-36(42,13-10-32(40)41)34(23,3)20-31(37)43-37/h15-16,18,21,23,26-28,30-31,42H,4-14,17,19-20H2,1-3H3,(H,40,41)/t21-,23+,26?,27?,28?,30+,31?,33+,34+,35+,36-,37+/m1/s1. The highest BCUT2D eigenvalue weighted by Crippen LogP contribution is 2.78. The first-order valence-corrected chi connectivity index (χ1v) is 17.3. The van der Waals surface area contributed by atoms with Crippen LogP contribution in [0.2, 0.25) is 0 Å². The van der Waals surface area contributed by atoms with Crippen LogP contribution in [0.1, 0.15) is 111 Å². The van der Waals surface area contributed by atoms with Gasteiger partial charge in [0.25, 0.3) is 0 Å². The van der Waals surface area contributed by atoms with E-state index in [-0.39, 0.29) is 41.5 Å². The fourth-order valence-corrected chi connectivity index (χ4v) is 12.3. The normalized spacial score (nSPS) is 53.3. The number of epoxide rings is 1. The summed E-state index contributed by atoms with van der Waals surface area (Å²) in [6.07, 6.45) is 17.9. The second-order valence-electron chi connectivity index (χ2n) is 16.8. The molecule has 1 saturated heterocycles. The van der Waals surface area contributed by atoms with Gasteiger partial charge in [0.05, 0.1) is 11.7 Å². The topological polar surface area (TPSA) is 104 Å². The summed E-state index contributed by atoms with van der Waals surface area (Å²) < 4.78 is 6.78. The third kappa shape index (κ3) is 3.87. The second kappa shape index (κ2) is 9.15. The van der Waals surface area contributed by atoms with Crippen LogP contribution in [0.25, 0.3) is 0 Å². The van der Waals surface area contributed by atoms with Crippen molar-refractivity contribution in [2.45, 2.75) is 128 Å². The predicted molar refractivity (Wildman–Crippen MR) is 161 cm³/mol. The van der Waals surface area contributed by atoms with E-state index < -0.39 is 22.6 Å². The number of ketones is 2. The molecule has 233 valence electrons. The van der Waals surface area contributed by atoms with E-state index >= 15 is 0 Å². The Morgan fingerprint density at radius 2 is 1.81 bits per heavy atom. The van der Waals surface area contributed by atoms with Gasteiger partial charge in [-0.1, -0.05) is 38.3 Å². The van der Waals surface area contributed by atoms with Gasteiger partial charge in [0.2, 0.25) is 0 Å². The van der Waals surface area contributed by atoms with Gasteiger partial charge in [-0.2, -0.15) is 0 Å². The molecule has 1 spiro atoms. The number of carboxylic acids is 1. The molecule has 6 fully saturated rings. The average molecular weight is 590 g/mol. The highest BCUT2D eigenvalue weighted by atomic mass is 16.6. The van der Waals surface area contributed by atoms with Crippen LogP contribution in [-0.4, -0.2) is 45.1 Å². The van der Waals surface area contributed by atoms with Crippen molar-refractivity contribution in [3.8, 4) is 0 Å². The molecule has 7 aliphatic carbocycles. The van der Waals surface area contributed by atoms with Gasteiger partial charge in [-0.05, 0) is 117 Å². The number of rotatable bonds is 5. The first-order chi connectivity index (χ1) is 20.3. The van der Waals surface area contributed by atoms with Crippen molar-refractivity contribution in [3.05, 3.63) is 29.7 Å². The van der Waals surface area contributed by atoms with Crippen LogP contribution in [-0.2, 0) is 19.1 Å². The Kier molecular flexibility index (Phi) is 6.10. The van der Waals surface area contributed by atoms with Crippen LogP contribution < -0.4 is 0 Å². The van der Waals surface area contributed by atoms with E-state index in [4.69, 9.17) is 4.74 Å². The Bertz CT molecular complexity index is 1350. The van der Waals surface area contributed by atoms with Crippen LogP contribution in [0, 0.1) is 58.2 Å². The van der Waals surface area contributed by atoms with E-state index in [1.807, 2.05) is 12.2 Å². The summed E-state index contributed by atoms with van der Waals surface area (Å²) in [5.41, 5.74) is 0.770. The lowest BCUT2D eigenvalue weighted by Gasteiger charge is -2.52. The number of hydrogen-bond acceptors (Lipinski definition) is 5. The highest BCUT2D eigenvalue weighted by molar-refractivity contribution is 5.92. The minimum atomic E-state index is -0.996. The first-order valence-electron chi connectivity index (χ1n) is 17.3. The van der Waals surface area contributed by atoms with Gasteiger partial charge in [0, 0.05) is 36.5 Å². The summed E-state index contributed by atoms with van der Waals surface area (Å²) in [7, 11) is 0. The van der Waals surface area contributed by atoms with Crippen LogP contribution in [0.4, 0.5) is 0 Å². The van der Waals surface area contributed by atoms with Crippen molar-refractivity contribution in [3.63, 3.8) is 0 Å². The number of carbonyl (C=O) groups is 3. The summed E-state index contributed by atoms with van der Waals surface area (Å²) in [5.74, 6) is 2.80. The van der Waals surface area contributed by atoms with Gasteiger partial charge in [-0.3, -0.25) is 14.4 Å². The molecule has 0 aromatic rings. The quantitative estimate of drug-likeness (QED) is 0.359. The van der Waals surface area contributed by atoms with Gasteiger partial charge >= 0.3 is 5.97 Å². The fourth-order valence-electron chi connectivity index (χ4n) is 12.3. The number of fused-ring (bicyclic) bond motifs is 6. The number of carbonyl (C=O) groups excluding carboxylic acids is 2. The molecule has 0 aromatic carbocycles. The van der Waals surface area contributed by atoms with Gasteiger partial charge in [-0.15, -0.1) is 0 Å². The van der Waals surface area contributed by atoms with Crippen LogP contribution in [0.15, 0.2) is 23.3 Å². The molecule has 4 unspecified atom stereocenters. The molecule has 8 aliphatic rings. The van der Waals surface area contributed by atoms with Crippen molar-refractivity contribution in [1.29, 1.82) is 0 Å². The highest BCUT2D eigenvalue weighted by Gasteiger charge is 2.78. The van der Waals surface area contributed by atoms with Crippen LogP contribution in [0.5, 0.6) is 0 Å². The smallest absolute Gasteiger partial charge is 0.303 e. The first kappa shape index (κ1) is 28.7. The van der Waals surface area contributed by atoms with Crippen molar-refractivity contribution < 1.29 is 29.3 Å². The minimum absolute atomic E-state index is 0.0173. The second-order valence-corrected chi connectivity index (χ2v) is 16.8. The molecule has 12 atom stereocenters. The van der Waals surface area contributed by atoms with Crippen molar-refractivity contribution in [2.75, 3.05) is 0 Å². The lowest BCUT2D eigenvalue weighted by Crippen LogP contribution is -2.54. The molecule has 8 rings (SSSR count). The molecule has 6 heteroatoms. The van der Waals surface area contributed by atoms with E-state index in [0.717, 1.165) is 44.4 Å². The van der Waals surface area contributed by atoms with Gasteiger partial charge in [0.15, 0.2) is 11.6 Å². The molecular formula is C37H49O6. The lowest BCUT2D eigenvalue weighted by atomic mass is 9.51. The Morgan fingerprint density at radius 3 is 2.60 bits per heavy atom. The summed E-state index contributed by atoms with van der Waals surface area (Å²) >= 11 is 0. The maximum Gasteiger partial charge on any atom is 0.303 e. The Labute approximate surface area is 256 Å². The molecule has 0 bridgehead atoms. The SMILES string of the molecule is C[C@@H]1CCC2C3CCC(=O)C=C3C[C@]3(C[C@H]3C3=CC(=O)CC[C@]3(C)[C@]34[CH][C@@H]5CC[C@@](O)(CCC(=O)O)[C@@]5(C)CC3O4)C2C1. The van der Waals surface area contributed by atoms with Crippen LogP contribution in [0.3, 0.4) is 0 Å². The zero-order chi connectivity index (χ0) is 30.2. The third-order valence-electron chi connectivity index (χ3n) is 15.0. The number of hydrogen-bond donors (Lipinski definition) is 2. The van der Waals surface area contributed by atoms with E-state index in [2.05, 4.69) is 27.2 Å². The summed E-state index contributed by atoms with van der Waals surface area (Å²) in [6, 6.07) is 0. The molecule has 5 saturated carbocycles. The Morgan fingerprint density at radius 1 is 1.02 bits per heavy atom. The van der Waals surface area contributed by atoms with Gasteiger partial charge in [0.1, 0.15) is 5.60 Å². The number of aliphatic carboxylic acids is 1. The monoisotopic (exact) mass is 589 g/mol. The minimum Gasteiger partial charge on any atom is -0.481 e. The fraction of sp³-hybridized carbons (Fsp3) is 0.784. The molecule has 2 N–H and O–H groups in total. The average Bonchev–Trinajstić information content (AvgIpc) is 3.84. The lowest BCUT2D eigenvalue weighted by molar-refractivity contribution is -0.141. The maximum atomic E-state index is 13.2. The molecule has 1 aliphatic heterocycles. The number of allylic oxidation sites excluding steroid dienone is 3. The van der Waals surface area contributed by atoms with E-state index in [9.17, 15) is 24.6 Å². The maximum absolute atomic E-state index is 13.2. The molecule has 43 heavy (non-hydrogen) atoms. The number of carboxylic acid groups (broad SMARTS) is 1. The summed E-state index contributed by atoms with van der Waals surface area (Å²) in [4.78, 5) is 37.1.